The molecule has 1 atom stereocenters. The van der Waals surface area contributed by atoms with E-state index in [9.17, 15) is 4.79 Å². The number of amides is 1. The summed E-state index contributed by atoms with van der Waals surface area (Å²) in [6.07, 6.45) is 0. The normalized spacial score (nSPS) is 11.4. The maximum atomic E-state index is 10.6. The third-order valence-electron chi connectivity index (χ3n) is 2.68. The van der Waals surface area contributed by atoms with Gasteiger partial charge in [-0.1, -0.05) is 5.92 Å². The van der Waals surface area contributed by atoms with E-state index in [0.717, 1.165) is 5.52 Å². The molecular formula is C13H11N5O. The van der Waals surface area contributed by atoms with Crippen LogP contribution in [0.3, 0.4) is 0 Å². The molecule has 2 rings (SSSR count). The molecule has 0 aliphatic carbocycles. The van der Waals surface area contributed by atoms with Gasteiger partial charge >= 0.3 is 0 Å². The number of nitriles is 1. The number of aromatic nitrogens is 3. The fourth-order valence-corrected chi connectivity index (χ4v) is 1.72. The fourth-order valence-electron chi connectivity index (χ4n) is 1.72. The summed E-state index contributed by atoms with van der Waals surface area (Å²) in [5, 5.41) is 13.1. The van der Waals surface area contributed by atoms with E-state index in [1.807, 2.05) is 19.1 Å². The minimum atomic E-state index is -0.674. The lowest BCUT2D eigenvalue weighted by molar-refractivity contribution is -0.112. The summed E-state index contributed by atoms with van der Waals surface area (Å²) in [6, 6.07) is 5.63. The number of carbonyl (C=O) groups is 1. The van der Waals surface area contributed by atoms with Crippen LogP contribution < -0.4 is 5.73 Å². The standard InChI is InChI=1S/C13H11N5O/c1-8(3-6-12(15)19)9-4-5-11-13(16-9)10(7-14)17-18(11)2/h4-5,8H,1-2H3,(H2,15,19). The maximum Gasteiger partial charge on any atom is 0.293 e. The van der Waals surface area contributed by atoms with Gasteiger partial charge in [0.2, 0.25) is 0 Å². The molecule has 94 valence electrons. The van der Waals surface area contributed by atoms with Crippen molar-refractivity contribution in [3.05, 3.63) is 23.5 Å². The van der Waals surface area contributed by atoms with Gasteiger partial charge in [-0.3, -0.25) is 9.48 Å². The van der Waals surface area contributed by atoms with Crippen molar-refractivity contribution in [2.24, 2.45) is 12.8 Å². The SMILES string of the molecule is CC(C#CC(N)=O)c1ccc2c(n1)c(C#N)nn2C. The first-order valence-corrected chi connectivity index (χ1v) is 5.57. The molecule has 0 saturated heterocycles. The maximum absolute atomic E-state index is 10.6. The van der Waals surface area contributed by atoms with Gasteiger partial charge in [-0.05, 0) is 25.0 Å². The van der Waals surface area contributed by atoms with Gasteiger partial charge in [0.15, 0.2) is 5.69 Å². The molecule has 0 aliphatic rings. The number of carbonyl (C=O) groups excluding carboxylic acids is 1. The molecule has 6 heteroatoms. The van der Waals surface area contributed by atoms with E-state index < -0.39 is 5.91 Å². The van der Waals surface area contributed by atoms with Crippen molar-refractivity contribution < 1.29 is 4.79 Å². The summed E-state index contributed by atoms with van der Waals surface area (Å²) in [6.45, 7) is 1.81. The Hall–Kier alpha value is -2.86. The Balaban J connectivity index is 2.51. The number of primary amides is 1. The smallest absolute Gasteiger partial charge is 0.293 e. The second-order valence-electron chi connectivity index (χ2n) is 4.04. The van der Waals surface area contributed by atoms with Crippen LogP contribution in [0.2, 0.25) is 0 Å². The molecule has 0 spiro atoms. The zero-order valence-electron chi connectivity index (χ0n) is 10.5. The molecule has 1 unspecified atom stereocenters. The van der Waals surface area contributed by atoms with Crippen LogP contribution in [0.1, 0.15) is 24.2 Å². The Morgan fingerprint density at radius 3 is 2.89 bits per heavy atom. The predicted molar refractivity (Wildman–Crippen MR) is 68.6 cm³/mol. The summed E-state index contributed by atoms with van der Waals surface area (Å²) < 4.78 is 1.60. The van der Waals surface area contributed by atoms with Gasteiger partial charge in [0.1, 0.15) is 11.6 Å². The highest BCUT2D eigenvalue weighted by molar-refractivity contribution is 5.92. The van der Waals surface area contributed by atoms with Gasteiger partial charge in [0, 0.05) is 7.05 Å². The van der Waals surface area contributed by atoms with E-state index in [0.29, 0.717) is 11.2 Å². The topological polar surface area (TPSA) is 97.6 Å². The Kier molecular flexibility index (Phi) is 3.17. The molecule has 0 fully saturated rings. The Morgan fingerprint density at radius 2 is 2.26 bits per heavy atom. The summed E-state index contributed by atoms with van der Waals surface area (Å²) in [7, 11) is 1.75. The van der Waals surface area contributed by atoms with Crippen molar-refractivity contribution in [1.82, 2.24) is 14.8 Å². The highest BCUT2D eigenvalue weighted by atomic mass is 16.1. The van der Waals surface area contributed by atoms with E-state index in [1.54, 1.807) is 17.8 Å². The predicted octanol–water partition coefficient (Wildman–Crippen LogP) is 0.432. The summed E-state index contributed by atoms with van der Waals surface area (Å²) >= 11 is 0. The minimum Gasteiger partial charge on any atom is -0.359 e. The minimum absolute atomic E-state index is 0.247. The van der Waals surface area contributed by atoms with Gasteiger partial charge in [-0.15, -0.1) is 0 Å². The van der Waals surface area contributed by atoms with Crippen molar-refractivity contribution in [3.8, 4) is 17.9 Å². The van der Waals surface area contributed by atoms with Crippen LogP contribution in [0.25, 0.3) is 11.0 Å². The van der Waals surface area contributed by atoms with Gasteiger partial charge in [-0.25, -0.2) is 4.98 Å². The first-order chi connectivity index (χ1) is 9.02. The molecule has 0 bridgehead atoms. The average molecular weight is 253 g/mol. The molecule has 6 nitrogen and oxygen atoms in total. The zero-order chi connectivity index (χ0) is 14.0. The first-order valence-electron chi connectivity index (χ1n) is 5.57. The number of nitrogens with zero attached hydrogens (tertiary/aromatic N) is 4. The Morgan fingerprint density at radius 1 is 1.53 bits per heavy atom. The average Bonchev–Trinajstić information content (AvgIpc) is 2.72. The monoisotopic (exact) mass is 253 g/mol. The van der Waals surface area contributed by atoms with Crippen LogP contribution in [-0.2, 0) is 11.8 Å². The molecule has 2 aromatic heterocycles. The quantitative estimate of drug-likeness (QED) is 0.745. The third-order valence-corrected chi connectivity index (χ3v) is 2.68. The summed E-state index contributed by atoms with van der Waals surface area (Å²) in [5.41, 5.74) is 7.22. The molecule has 19 heavy (non-hydrogen) atoms. The van der Waals surface area contributed by atoms with Crippen LogP contribution in [-0.4, -0.2) is 20.7 Å². The van der Waals surface area contributed by atoms with Crippen LogP contribution >= 0.6 is 0 Å². The van der Waals surface area contributed by atoms with Gasteiger partial charge < -0.3 is 5.73 Å². The Bertz CT molecular complexity index is 757. The van der Waals surface area contributed by atoms with Crippen molar-refractivity contribution in [3.63, 3.8) is 0 Å². The van der Waals surface area contributed by atoms with Crippen LogP contribution in [0.4, 0.5) is 0 Å². The second-order valence-corrected chi connectivity index (χ2v) is 4.04. The van der Waals surface area contributed by atoms with E-state index >= 15 is 0 Å². The molecule has 0 saturated carbocycles. The summed E-state index contributed by atoms with van der Waals surface area (Å²) in [5.74, 6) is 4.08. The molecule has 0 aliphatic heterocycles. The van der Waals surface area contributed by atoms with E-state index in [1.165, 1.54) is 0 Å². The number of pyridine rings is 1. The highest BCUT2D eigenvalue weighted by Crippen LogP contribution is 2.19. The molecule has 2 heterocycles. The molecule has 2 N–H and O–H groups in total. The number of nitrogens with two attached hydrogens (primary N) is 1. The molecule has 0 radical (unpaired) electrons. The first kappa shape index (κ1) is 12.6. The number of aryl methyl sites for hydroxylation is 1. The van der Waals surface area contributed by atoms with Gasteiger partial charge in [0.05, 0.1) is 17.1 Å². The number of hydrogen-bond donors (Lipinski definition) is 1. The van der Waals surface area contributed by atoms with Crippen molar-refractivity contribution in [1.29, 1.82) is 5.26 Å². The Labute approximate surface area is 109 Å². The van der Waals surface area contributed by atoms with Gasteiger partial charge in [-0.2, -0.15) is 10.4 Å². The largest absolute Gasteiger partial charge is 0.359 e. The van der Waals surface area contributed by atoms with Crippen molar-refractivity contribution in [2.45, 2.75) is 12.8 Å². The van der Waals surface area contributed by atoms with Crippen LogP contribution in [0, 0.1) is 23.2 Å². The van der Waals surface area contributed by atoms with Crippen LogP contribution in [0.5, 0.6) is 0 Å². The lowest BCUT2D eigenvalue weighted by Crippen LogP contribution is -2.07. The molecule has 1 amide bonds. The number of fused-ring (bicyclic) bond motifs is 1. The number of hydrogen-bond acceptors (Lipinski definition) is 4. The molecule has 0 aromatic carbocycles. The van der Waals surface area contributed by atoms with Crippen LogP contribution in [0.15, 0.2) is 12.1 Å². The van der Waals surface area contributed by atoms with E-state index in [2.05, 4.69) is 21.9 Å². The third kappa shape index (κ3) is 2.38. The van der Waals surface area contributed by atoms with Gasteiger partial charge in [0.25, 0.3) is 5.91 Å². The second kappa shape index (κ2) is 4.79. The molecule has 2 aromatic rings. The van der Waals surface area contributed by atoms with E-state index in [-0.39, 0.29) is 11.6 Å². The lowest BCUT2D eigenvalue weighted by atomic mass is 10.1. The lowest BCUT2D eigenvalue weighted by Gasteiger charge is -2.03. The molecular weight excluding hydrogens is 242 g/mol. The number of rotatable bonds is 1. The zero-order valence-corrected chi connectivity index (χ0v) is 10.5. The van der Waals surface area contributed by atoms with Crippen molar-refractivity contribution in [2.75, 3.05) is 0 Å². The van der Waals surface area contributed by atoms with Crippen molar-refractivity contribution >= 4 is 16.9 Å². The van der Waals surface area contributed by atoms with E-state index in [4.69, 9.17) is 11.0 Å². The fraction of sp³-hybridized carbons (Fsp3) is 0.231. The highest BCUT2D eigenvalue weighted by Gasteiger charge is 2.12. The summed E-state index contributed by atoms with van der Waals surface area (Å²) in [4.78, 5) is 15.0.